The van der Waals surface area contributed by atoms with Gasteiger partial charge in [0.2, 0.25) is 11.8 Å². The molecule has 2 N–H and O–H groups in total. The molecule has 0 bridgehead atoms. The SMILES string of the molecule is Fc1cccnc1OCCC1CN(c2ncccn2)Cc2cccn2C1.O=C(O)C(F)(F)F.O=C(O)C(F)(F)F. The Balaban J connectivity index is 0.000000333. The Bertz CT molecular complexity index is 1210. The van der Waals surface area contributed by atoms with Crippen molar-refractivity contribution in [1.29, 1.82) is 0 Å². The van der Waals surface area contributed by atoms with Gasteiger partial charge < -0.3 is 24.4 Å². The maximum atomic E-state index is 13.6. The second-order valence-electron chi connectivity index (χ2n) is 7.98. The van der Waals surface area contributed by atoms with Crippen LogP contribution in [0.3, 0.4) is 0 Å². The van der Waals surface area contributed by atoms with E-state index in [0.29, 0.717) is 12.5 Å². The number of carboxylic acids is 2. The number of aliphatic carboxylic acids is 2. The number of halogens is 7. The number of pyridine rings is 1. The lowest BCUT2D eigenvalue weighted by Gasteiger charge is -2.24. The topological polar surface area (TPSA) is 131 Å². The molecule has 0 aromatic carbocycles. The molecule has 17 heteroatoms. The minimum absolute atomic E-state index is 0.0611. The Kier molecular flexibility index (Phi) is 11.2. The molecule has 218 valence electrons. The van der Waals surface area contributed by atoms with E-state index in [-0.39, 0.29) is 5.88 Å². The number of aromatic nitrogens is 4. The summed E-state index contributed by atoms with van der Waals surface area (Å²) in [6, 6.07) is 8.91. The van der Waals surface area contributed by atoms with E-state index in [1.807, 2.05) is 6.07 Å². The average molecular weight is 581 g/mol. The van der Waals surface area contributed by atoms with Gasteiger partial charge in [0.25, 0.3) is 0 Å². The van der Waals surface area contributed by atoms with Gasteiger partial charge in [0.05, 0.1) is 13.2 Å². The normalized spacial score (nSPS) is 14.9. The summed E-state index contributed by atoms with van der Waals surface area (Å²) in [4.78, 5) is 32.7. The summed E-state index contributed by atoms with van der Waals surface area (Å²) in [5.41, 5.74) is 1.23. The summed E-state index contributed by atoms with van der Waals surface area (Å²) in [5.74, 6) is -4.82. The minimum Gasteiger partial charge on any atom is -0.476 e. The number of fused-ring (bicyclic) bond motifs is 1. The third kappa shape index (κ3) is 10.4. The summed E-state index contributed by atoms with van der Waals surface area (Å²) < 4.78 is 84.9. The van der Waals surface area contributed by atoms with Crippen molar-refractivity contribution in [2.45, 2.75) is 31.9 Å². The Labute approximate surface area is 221 Å². The average Bonchev–Trinajstić information content (AvgIpc) is 3.23. The highest BCUT2D eigenvalue weighted by Gasteiger charge is 2.38. The van der Waals surface area contributed by atoms with E-state index in [1.54, 1.807) is 18.5 Å². The summed E-state index contributed by atoms with van der Waals surface area (Å²) in [6.07, 6.45) is -2.24. The van der Waals surface area contributed by atoms with Crippen molar-refractivity contribution >= 4 is 17.9 Å². The van der Waals surface area contributed by atoms with Gasteiger partial charge >= 0.3 is 24.3 Å². The first-order valence-electron chi connectivity index (χ1n) is 11.2. The fourth-order valence-electron chi connectivity index (χ4n) is 3.27. The number of anilines is 1. The molecule has 1 atom stereocenters. The van der Waals surface area contributed by atoms with Crippen LogP contribution in [0.15, 0.2) is 55.1 Å². The molecule has 0 fully saturated rings. The van der Waals surface area contributed by atoms with Crippen LogP contribution in [-0.2, 0) is 22.7 Å². The van der Waals surface area contributed by atoms with E-state index in [1.165, 1.54) is 18.0 Å². The Morgan fingerprint density at radius 2 is 1.48 bits per heavy atom. The van der Waals surface area contributed by atoms with Gasteiger partial charge in [-0.3, -0.25) is 0 Å². The number of hydrogen-bond donors (Lipinski definition) is 2. The molecular weight excluding hydrogens is 559 g/mol. The zero-order valence-corrected chi connectivity index (χ0v) is 20.3. The van der Waals surface area contributed by atoms with Crippen LogP contribution >= 0.6 is 0 Å². The van der Waals surface area contributed by atoms with Gasteiger partial charge in [0, 0.05) is 43.6 Å². The van der Waals surface area contributed by atoms with Gasteiger partial charge in [-0.1, -0.05) is 0 Å². The number of nitrogens with zero attached hydrogens (tertiary/aromatic N) is 5. The molecule has 0 saturated heterocycles. The fourth-order valence-corrected chi connectivity index (χ4v) is 3.27. The van der Waals surface area contributed by atoms with Gasteiger partial charge in [-0.2, -0.15) is 26.3 Å². The van der Waals surface area contributed by atoms with E-state index in [4.69, 9.17) is 24.5 Å². The van der Waals surface area contributed by atoms with Crippen molar-refractivity contribution in [3.05, 3.63) is 66.6 Å². The largest absolute Gasteiger partial charge is 0.490 e. The van der Waals surface area contributed by atoms with Crippen molar-refractivity contribution in [2.24, 2.45) is 5.92 Å². The number of carbonyl (C=O) groups is 2. The first-order chi connectivity index (χ1) is 18.7. The number of hydrogen-bond acceptors (Lipinski definition) is 7. The molecule has 1 aliphatic rings. The second-order valence-corrected chi connectivity index (χ2v) is 7.98. The maximum absolute atomic E-state index is 13.6. The third-order valence-electron chi connectivity index (χ3n) is 5.02. The lowest BCUT2D eigenvalue weighted by Crippen LogP contribution is -2.30. The molecule has 10 nitrogen and oxygen atoms in total. The Hall–Kier alpha value is -4.44. The zero-order valence-electron chi connectivity index (χ0n) is 20.3. The van der Waals surface area contributed by atoms with Crippen molar-refractivity contribution in [1.82, 2.24) is 19.5 Å². The Morgan fingerprint density at radius 1 is 0.900 bits per heavy atom. The van der Waals surface area contributed by atoms with E-state index >= 15 is 0 Å². The number of alkyl halides is 6. The molecule has 3 aromatic heterocycles. The van der Waals surface area contributed by atoms with Crippen LogP contribution in [0.2, 0.25) is 0 Å². The predicted octanol–water partition coefficient (Wildman–Crippen LogP) is 4.18. The summed E-state index contributed by atoms with van der Waals surface area (Å²) in [7, 11) is 0. The zero-order chi connectivity index (χ0) is 29.9. The molecule has 0 aliphatic carbocycles. The quantitative estimate of drug-likeness (QED) is 0.426. The molecule has 1 unspecified atom stereocenters. The van der Waals surface area contributed by atoms with Crippen LogP contribution in [0.1, 0.15) is 12.1 Å². The molecule has 4 heterocycles. The van der Waals surface area contributed by atoms with Crippen LogP contribution in [0, 0.1) is 11.7 Å². The van der Waals surface area contributed by atoms with Crippen molar-refractivity contribution in [2.75, 3.05) is 18.1 Å². The third-order valence-corrected chi connectivity index (χ3v) is 5.02. The van der Waals surface area contributed by atoms with Crippen molar-refractivity contribution < 1.29 is 55.3 Å². The number of ether oxygens (including phenoxy) is 1. The van der Waals surface area contributed by atoms with Crippen molar-refractivity contribution in [3.8, 4) is 5.88 Å². The van der Waals surface area contributed by atoms with Gasteiger partial charge in [-0.05, 0) is 42.7 Å². The van der Waals surface area contributed by atoms with E-state index in [0.717, 1.165) is 32.0 Å². The van der Waals surface area contributed by atoms with Gasteiger partial charge in [-0.25, -0.2) is 28.9 Å². The van der Waals surface area contributed by atoms with E-state index in [9.17, 15) is 30.7 Å². The van der Waals surface area contributed by atoms with Crippen LogP contribution in [0.25, 0.3) is 0 Å². The highest BCUT2D eigenvalue weighted by atomic mass is 19.4. The molecule has 0 radical (unpaired) electrons. The minimum atomic E-state index is -5.08. The first-order valence-corrected chi connectivity index (χ1v) is 11.2. The van der Waals surface area contributed by atoms with Gasteiger partial charge in [-0.15, -0.1) is 0 Å². The van der Waals surface area contributed by atoms with E-state index in [2.05, 4.69) is 42.7 Å². The van der Waals surface area contributed by atoms with Crippen LogP contribution in [0.4, 0.5) is 36.7 Å². The summed E-state index contributed by atoms with van der Waals surface area (Å²) in [6.45, 7) is 2.89. The first kappa shape index (κ1) is 31.8. The van der Waals surface area contributed by atoms with Gasteiger partial charge in [0.1, 0.15) is 0 Å². The number of rotatable bonds is 5. The molecule has 0 spiro atoms. The Morgan fingerprint density at radius 3 is 2.02 bits per heavy atom. The highest BCUT2D eigenvalue weighted by molar-refractivity contribution is 5.73. The molecule has 0 amide bonds. The molecular formula is C23H22F7N5O5. The highest BCUT2D eigenvalue weighted by Crippen LogP contribution is 2.23. The molecule has 3 aromatic rings. The molecule has 40 heavy (non-hydrogen) atoms. The maximum Gasteiger partial charge on any atom is 0.490 e. The lowest BCUT2D eigenvalue weighted by molar-refractivity contribution is -0.193. The lowest BCUT2D eigenvalue weighted by atomic mass is 10.1. The standard InChI is InChI=1S/C19H20FN5O.2C2HF3O2/c20-17-5-1-7-21-18(17)26-11-6-15-12-24-10-2-4-16(24)14-25(13-15)19-22-8-3-9-23-19;2*3-2(4,5)1(6)7/h1-5,7-10,15H,6,11-14H2;2*(H,6,7). The number of carboxylic acid groups (broad SMARTS) is 2. The summed E-state index contributed by atoms with van der Waals surface area (Å²) >= 11 is 0. The monoisotopic (exact) mass is 581 g/mol. The predicted molar refractivity (Wildman–Crippen MR) is 123 cm³/mol. The fraction of sp³-hybridized carbons (Fsp3) is 0.348. The van der Waals surface area contributed by atoms with E-state index < -0.39 is 30.1 Å². The van der Waals surface area contributed by atoms with Crippen LogP contribution < -0.4 is 9.64 Å². The van der Waals surface area contributed by atoms with Crippen LogP contribution in [0.5, 0.6) is 5.88 Å². The second kappa shape index (κ2) is 14.1. The smallest absolute Gasteiger partial charge is 0.476 e. The molecule has 0 saturated carbocycles. The van der Waals surface area contributed by atoms with Crippen LogP contribution in [-0.4, -0.2) is 67.2 Å². The molecule has 4 rings (SSSR count). The molecule has 1 aliphatic heterocycles. The van der Waals surface area contributed by atoms with Gasteiger partial charge in [0.15, 0.2) is 5.82 Å². The van der Waals surface area contributed by atoms with Crippen molar-refractivity contribution in [3.63, 3.8) is 0 Å². The summed E-state index contributed by atoms with van der Waals surface area (Å²) in [5, 5.41) is 14.2.